The lowest BCUT2D eigenvalue weighted by atomic mass is 9.86. The van der Waals surface area contributed by atoms with Gasteiger partial charge in [0.15, 0.2) is 0 Å². The zero-order valence-corrected chi connectivity index (χ0v) is 12.9. The van der Waals surface area contributed by atoms with E-state index in [0.717, 1.165) is 30.6 Å². The molecule has 0 saturated carbocycles. The van der Waals surface area contributed by atoms with Crippen molar-refractivity contribution in [2.45, 2.75) is 46.5 Å². The fourth-order valence-electron chi connectivity index (χ4n) is 3.03. The van der Waals surface area contributed by atoms with Crippen LogP contribution >= 0.6 is 0 Å². The Morgan fingerprint density at radius 2 is 1.75 bits per heavy atom. The largest absolute Gasteiger partial charge is 0.339 e. The molecule has 0 fully saturated rings. The lowest BCUT2D eigenvalue weighted by molar-refractivity contribution is 0.0772. The number of allylic oxidation sites excluding steroid dienone is 2. The Morgan fingerprint density at radius 3 is 2.40 bits per heavy atom. The van der Waals surface area contributed by atoms with Crippen molar-refractivity contribution in [3.8, 4) is 0 Å². The van der Waals surface area contributed by atoms with E-state index in [2.05, 4.69) is 13.0 Å². The van der Waals surface area contributed by atoms with Gasteiger partial charge in [0.25, 0.3) is 5.91 Å². The summed E-state index contributed by atoms with van der Waals surface area (Å²) in [5, 5.41) is 0. The highest BCUT2D eigenvalue weighted by atomic mass is 16.2. The van der Waals surface area contributed by atoms with Crippen LogP contribution in [0.2, 0.25) is 0 Å². The van der Waals surface area contributed by atoms with Crippen LogP contribution in [0.4, 0.5) is 0 Å². The van der Waals surface area contributed by atoms with Gasteiger partial charge in [-0.15, -0.1) is 0 Å². The number of benzene rings is 1. The van der Waals surface area contributed by atoms with Crippen LogP contribution in [0.3, 0.4) is 0 Å². The fraction of sp³-hybridized carbons (Fsp3) is 0.500. The number of hydrogen-bond donors (Lipinski definition) is 0. The van der Waals surface area contributed by atoms with Crippen molar-refractivity contribution in [1.29, 1.82) is 0 Å². The highest BCUT2D eigenvalue weighted by Crippen LogP contribution is 2.34. The second-order valence-electron chi connectivity index (χ2n) is 5.49. The summed E-state index contributed by atoms with van der Waals surface area (Å²) in [4.78, 5) is 14.6. The molecule has 1 aromatic carbocycles. The van der Waals surface area contributed by atoms with E-state index in [9.17, 15) is 4.79 Å². The minimum atomic E-state index is 0.163. The van der Waals surface area contributed by atoms with E-state index in [1.54, 1.807) is 0 Å². The summed E-state index contributed by atoms with van der Waals surface area (Å²) < 4.78 is 0. The molecule has 1 aliphatic carbocycles. The summed E-state index contributed by atoms with van der Waals surface area (Å²) in [6, 6.07) is 8.11. The van der Waals surface area contributed by atoms with Gasteiger partial charge in [0.2, 0.25) is 0 Å². The van der Waals surface area contributed by atoms with Gasteiger partial charge in [-0.2, -0.15) is 0 Å². The number of carbonyl (C=O) groups is 1. The maximum atomic E-state index is 12.7. The molecule has 0 spiro atoms. The number of nitrogens with zero attached hydrogens (tertiary/aromatic N) is 1. The molecule has 0 heterocycles. The average molecular weight is 271 g/mol. The number of rotatable bonds is 4. The van der Waals surface area contributed by atoms with Gasteiger partial charge >= 0.3 is 0 Å². The van der Waals surface area contributed by atoms with E-state index in [1.165, 1.54) is 30.4 Å². The van der Waals surface area contributed by atoms with Crippen molar-refractivity contribution in [3.05, 3.63) is 41.0 Å². The van der Waals surface area contributed by atoms with Gasteiger partial charge in [-0.3, -0.25) is 4.79 Å². The van der Waals surface area contributed by atoms with Crippen LogP contribution in [0.15, 0.2) is 29.8 Å². The van der Waals surface area contributed by atoms with Gasteiger partial charge < -0.3 is 4.90 Å². The molecule has 0 unspecified atom stereocenters. The summed E-state index contributed by atoms with van der Waals surface area (Å²) in [6.07, 6.45) is 4.79. The van der Waals surface area contributed by atoms with Crippen LogP contribution in [0.1, 0.15) is 62.4 Å². The van der Waals surface area contributed by atoms with Crippen LogP contribution in [0.5, 0.6) is 0 Å². The first-order chi connectivity index (χ1) is 9.69. The second-order valence-corrected chi connectivity index (χ2v) is 5.49. The molecule has 1 amide bonds. The first kappa shape index (κ1) is 14.8. The van der Waals surface area contributed by atoms with Gasteiger partial charge in [-0.1, -0.05) is 23.8 Å². The van der Waals surface area contributed by atoms with Crippen LogP contribution in [-0.2, 0) is 0 Å². The van der Waals surface area contributed by atoms with Crippen molar-refractivity contribution < 1.29 is 4.79 Å². The Balaban J connectivity index is 2.43. The Labute approximate surface area is 122 Å². The first-order valence-corrected chi connectivity index (χ1v) is 7.76. The zero-order valence-electron chi connectivity index (χ0n) is 12.9. The first-order valence-electron chi connectivity index (χ1n) is 7.76. The molecule has 2 rings (SSSR count). The Morgan fingerprint density at radius 1 is 1.10 bits per heavy atom. The molecule has 0 aromatic heterocycles. The van der Waals surface area contributed by atoms with E-state index in [0.29, 0.717) is 0 Å². The quantitative estimate of drug-likeness (QED) is 0.788. The third kappa shape index (κ3) is 2.95. The van der Waals surface area contributed by atoms with Crippen molar-refractivity contribution >= 4 is 11.5 Å². The highest BCUT2D eigenvalue weighted by Gasteiger charge is 2.20. The molecule has 0 bridgehead atoms. The van der Waals surface area contributed by atoms with E-state index in [4.69, 9.17) is 0 Å². The summed E-state index contributed by atoms with van der Waals surface area (Å²) >= 11 is 0. The van der Waals surface area contributed by atoms with Gasteiger partial charge in [0.1, 0.15) is 0 Å². The van der Waals surface area contributed by atoms with E-state index in [1.807, 2.05) is 36.9 Å². The fourth-order valence-corrected chi connectivity index (χ4v) is 3.03. The molecule has 2 heteroatoms. The second kappa shape index (κ2) is 6.74. The number of hydrogen-bond acceptors (Lipinski definition) is 1. The van der Waals surface area contributed by atoms with Crippen LogP contribution in [0.25, 0.3) is 5.57 Å². The standard InChI is InChI=1S/C18H25NO/c1-4-19(5-2)18(20)17-13-9-8-12-16(17)15-11-7-6-10-14(15)3/h8-9,12-13H,4-7,10-11H2,1-3H3. The molecular weight excluding hydrogens is 246 g/mol. The predicted octanol–water partition coefficient (Wildman–Crippen LogP) is 4.52. The molecule has 0 aliphatic heterocycles. The monoisotopic (exact) mass is 271 g/mol. The van der Waals surface area contributed by atoms with E-state index >= 15 is 0 Å². The summed E-state index contributed by atoms with van der Waals surface area (Å²) in [7, 11) is 0. The lowest BCUT2D eigenvalue weighted by Gasteiger charge is -2.23. The van der Waals surface area contributed by atoms with Gasteiger partial charge in [-0.25, -0.2) is 0 Å². The lowest BCUT2D eigenvalue weighted by Crippen LogP contribution is -2.31. The number of carbonyl (C=O) groups excluding carboxylic acids is 1. The summed E-state index contributed by atoms with van der Waals surface area (Å²) in [5.74, 6) is 0.163. The molecule has 20 heavy (non-hydrogen) atoms. The van der Waals surface area contributed by atoms with Crippen molar-refractivity contribution in [2.24, 2.45) is 0 Å². The zero-order chi connectivity index (χ0) is 14.5. The minimum Gasteiger partial charge on any atom is -0.339 e. The average Bonchev–Trinajstić information content (AvgIpc) is 2.49. The maximum Gasteiger partial charge on any atom is 0.254 e. The normalized spacial score (nSPS) is 15.3. The third-order valence-electron chi connectivity index (χ3n) is 4.28. The van der Waals surface area contributed by atoms with E-state index < -0.39 is 0 Å². The van der Waals surface area contributed by atoms with Gasteiger partial charge in [-0.05, 0) is 63.7 Å². The van der Waals surface area contributed by atoms with Crippen LogP contribution < -0.4 is 0 Å². The summed E-state index contributed by atoms with van der Waals surface area (Å²) in [5.41, 5.74) is 4.87. The molecule has 1 aliphatic rings. The van der Waals surface area contributed by atoms with Gasteiger partial charge in [0.05, 0.1) is 0 Å². The molecular formula is C18H25NO. The Bertz CT molecular complexity index is 512. The summed E-state index contributed by atoms with van der Waals surface area (Å²) in [6.45, 7) is 7.82. The molecule has 1 aromatic rings. The van der Waals surface area contributed by atoms with Gasteiger partial charge in [0, 0.05) is 18.7 Å². The SMILES string of the molecule is CCN(CC)C(=O)c1ccccc1C1=C(C)CCCC1. The number of amides is 1. The Hall–Kier alpha value is -1.57. The predicted molar refractivity (Wildman–Crippen MR) is 84.8 cm³/mol. The highest BCUT2D eigenvalue weighted by molar-refractivity contribution is 5.99. The molecule has 0 atom stereocenters. The molecule has 0 radical (unpaired) electrons. The van der Waals surface area contributed by atoms with Crippen LogP contribution in [0, 0.1) is 0 Å². The Kier molecular flexibility index (Phi) is 4.99. The maximum absolute atomic E-state index is 12.7. The molecule has 0 N–H and O–H groups in total. The topological polar surface area (TPSA) is 20.3 Å². The van der Waals surface area contributed by atoms with Crippen molar-refractivity contribution in [3.63, 3.8) is 0 Å². The van der Waals surface area contributed by atoms with Crippen LogP contribution in [-0.4, -0.2) is 23.9 Å². The molecule has 2 nitrogen and oxygen atoms in total. The van der Waals surface area contributed by atoms with Crippen molar-refractivity contribution in [1.82, 2.24) is 4.90 Å². The third-order valence-corrected chi connectivity index (χ3v) is 4.28. The molecule has 108 valence electrons. The molecule has 0 saturated heterocycles. The smallest absolute Gasteiger partial charge is 0.254 e. The van der Waals surface area contributed by atoms with Crippen molar-refractivity contribution in [2.75, 3.05) is 13.1 Å². The van der Waals surface area contributed by atoms with E-state index in [-0.39, 0.29) is 5.91 Å². The minimum absolute atomic E-state index is 0.163.